The number of methoxy groups -OCH3 is 1. The molecule has 1 aliphatic heterocycles. The van der Waals surface area contributed by atoms with Gasteiger partial charge in [0.05, 0.1) is 18.8 Å². The number of nitrogens with one attached hydrogen (secondary N) is 1. The van der Waals surface area contributed by atoms with Crippen LogP contribution < -0.4 is 5.32 Å². The number of urea groups is 1. The fourth-order valence-electron chi connectivity index (χ4n) is 3.04. The number of carbonyl (C=O) groups is 2. The number of likely N-dealkylation sites (tertiary alicyclic amines) is 1. The molecule has 1 saturated heterocycles. The predicted molar refractivity (Wildman–Crippen MR) is 92.3 cm³/mol. The smallest absolute Gasteiger partial charge is 0.342 e. The Morgan fingerprint density at radius 2 is 2.24 bits per heavy atom. The lowest BCUT2D eigenvalue weighted by atomic mass is 10.0. The SMILES string of the molecule is COC(=O)c1c(C)nsc1NC(=O)N1CCC[C@H]1c1cccc(F)c1. The standard InChI is InChI=1S/C17H18FN3O3S/c1-10-14(16(22)24-2)15(25-20-10)19-17(23)21-8-4-7-13(21)11-5-3-6-12(18)9-11/h3,5-6,9,13H,4,7-8H2,1-2H3,(H,19,23)/t13-/m0/s1. The molecule has 25 heavy (non-hydrogen) atoms. The van der Waals surface area contributed by atoms with E-state index in [0.29, 0.717) is 17.2 Å². The van der Waals surface area contributed by atoms with Gasteiger partial charge in [-0.1, -0.05) is 12.1 Å². The Balaban J connectivity index is 1.80. The second kappa shape index (κ2) is 7.18. The number of rotatable bonds is 3. The van der Waals surface area contributed by atoms with Crippen LogP contribution in [0.1, 0.15) is 40.5 Å². The molecule has 6 nitrogen and oxygen atoms in total. The van der Waals surface area contributed by atoms with Crippen molar-refractivity contribution in [1.29, 1.82) is 0 Å². The van der Waals surface area contributed by atoms with E-state index in [1.165, 1.54) is 19.2 Å². The average molecular weight is 363 g/mol. The van der Waals surface area contributed by atoms with Gasteiger partial charge < -0.3 is 9.64 Å². The summed E-state index contributed by atoms with van der Waals surface area (Å²) in [6, 6.07) is 5.77. The van der Waals surface area contributed by atoms with E-state index >= 15 is 0 Å². The van der Waals surface area contributed by atoms with Gasteiger partial charge in [0.2, 0.25) is 0 Å². The second-order valence-corrected chi connectivity index (χ2v) is 6.57. The molecule has 0 unspecified atom stereocenters. The summed E-state index contributed by atoms with van der Waals surface area (Å²) in [5, 5.41) is 3.11. The maximum atomic E-state index is 13.5. The number of nitrogens with zero attached hydrogens (tertiary/aromatic N) is 2. The number of amides is 2. The van der Waals surface area contributed by atoms with Crippen molar-refractivity contribution >= 4 is 28.5 Å². The van der Waals surface area contributed by atoms with Crippen LogP contribution in [0.5, 0.6) is 0 Å². The third-order valence-electron chi connectivity index (χ3n) is 4.22. The van der Waals surface area contributed by atoms with Gasteiger partial charge in [0.15, 0.2) is 0 Å². The van der Waals surface area contributed by atoms with Crippen molar-refractivity contribution in [2.45, 2.75) is 25.8 Å². The number of carbonyl (C=O) groups excluding carboxylic acids is 2. The van der Waals surface area contributed by atoms with E-state index in [9.17, 15) is 14.0 Å². The van der Waals surface area contributed by atoms with Gasteiger partial charge in [0, 0.05) is 6.54 Å². The predicted octanol–water partition coefficient (Wildman–Crippen LogP) is 3.75. The van der Waals surface area contributed by atoms with Crippen LogP contribution in [-0.2, 0) is 4.74 Å². The summed E-state index contributed by atoms with van der Waals surface area (Å²) in [6.07, 6.45) is 1.60. The molecule has 2 aromatic rings. The summed E-state index contributed by atoms with van der Waals surface area (Å²) in [4.78, 5) is 26.2. The molecule has 1 aromatic heterocycles. The van der Waals surface area contributed by atoms with E-state index in [0.717, 1.165) is 29.9 Å². The molecule has 0 saturated carbocycles. The minimum Gasteiger partial charge on any atom is -0.465 e. The van der Waals surface area contributed by atoms with Crippen LogP contribution in [0.4, 0.5) is 14.2 Å². The Morgan fingerprint density at radius 1 is 1.44 bits per heavy atom. The zero-order valence-corrected chi connectivity index (χ0v) is 14.7. The molecule has 0 spiro atoms. The Kier molecular flexibility index (Phi) is 4.98. The fraction of sp³-hybridized carbons (Fsp3) is 0.353. The Hall–Kier alpha value is -2.48. The summed E-state index contributed by atoms with van der Waals surface area (Å²) < 4.78 is 22.4. The number of hydrogen-bond donors (Lipinski definition) is 1. The third kappa shape index (κ3) is 3.48. The largest absolute Gasteiger partial charge is 0.465 e. The highest BCUT2D eigenvalue weighted by Crippen LogP contribution is 2.33. The van der Waals surface area contributed by atoms with Crippen LogP contribution in [0.2, 0.25) is 0 Å². The Bertz CT molecular complexity index is 808. The molecule has 3 rings (SSSR count). The van der Waals surface area contributed by atoms with E-state index < -0.39 is 5.97 Å². The Labute approximate surface area is 148 Å². The van der Waals surface area contributed by atoms with Crippen molar-refractivity contribution in [1.82, 2.24) is 9.27 Å². The number of hydrogen-bond acceptors (Lipinski definition) is 5. The van der Waals surface area contributed by atoms with E-state index in [2.05, 4.69) is 9.69 Å². The van der Waals surface area contributed by atoms with Crippen molar-refractivity contribution in [3.8, 4) is 0 Å². The first kappa shape index (κ1) is 17.3. The number of esters is 1. The molecule has 1 aromatic carbocycles. The van der Waals surface area contributed by atoms with Gasteiger partial charge in [-0.15, -0.1) is 0 Å². The van der Waals surface area contributed by atoms with Crippen molar-refractivity contribution in [2.75, 3.05) is 19.0 Å². The number of ether oxygens (including phenoxy) is 1. The molecule has 0 bridgehead atoms. The topological polar surface area (TPSA) is 71.5 Å². The van der Waals surface area contributed by atoms with Crippen molar-refractivity contribution in [3.05, 3.63) is 46.9 Å². The van der Waals surface area contributed by atoms with E-state index in [4.69, 9.17) is 4.74 Å². The number of halogens is 1. The zero-order valence-electron chi connectivity index (χ0n) is 13.9. The molecule has 0 radical (unpaired) electrons. The van der Waals surface area contributed by atoms with Gasteiger partial charge in [-0.25, -0.2) is 14.0 Å². The molecule has 1 atom stereocenters. The summed E-state index contributed by atoms with van der Waals surface area (Å²) in [5.74, 6) is -0.861. The van der Waals surface area contributed by atoms with Crippen LogP contribution in [0, 0.1) is 12.7 Å². The number of aromatic nitrogens is 1. The highest BCUT2D eigenvalue weighted by atomic mass is 32.1. The Morgan fingerprint density at radius 3 is 2.96 bits per heavy atom. The summed E-state index contributed by atoms with van der Waals surface area (Å²) in [7, 11) is 1.28. The van der Waals surface area contributed by atoms with Crippen LogP contribution in [0.25, 0.3) is 0 Å². The first-order valence-corrected chi connectivity index (χ1v) is 8.66. The van der Waals surface area contributed by atoms with E-state index in [1.807, 2.05) is 6.07 Å². The molecule has 1 fully saturated rings. The molecule has 132 valence electrons. The van der Waals surface area contributed by atoms with Crippen LogP contribution in [0.3, 0.4) is 0 Å². The number of benzene rings is 1. The monoisotopic (exact) mass is 363 g/mol. The molecule has 1 aliphatic rings. The van der Waals surface area contributed by atoms with Crippen LogP contribution in [-0.4, -0.2) is 34.9 Å². The van der Waals surface area contributed by atoms with Gasteiger partial charge >= 0.3 is 12.0 Å². The van der Waals surface area contributed by atoms with Gasteiger partial charge in [0.1, 0.15) is 16.4 Å². The van der Waals surface area contributed by atoms with Crippen molar-refractivity contribution < 1.29 is 18.7 Å². The van der Waals surface area contributed by atoms with Crippen LogP contribution >= 0.6 is 11.5 Å². The lowest BCUT2D eigenvalue weighted by Gasteiger charge is -2.25. The minimum atomic E-state index is -0.537. The normalized spacial score (nSPS) is 16.8. The average Bonchev–Trinajstić information content (AvgIpc) is 3.21. The van der Waals surface area contributed by atoms with Crippen molar-refractivity contribution in [2.24, 2.45) is 0 Å². The quantitative estimate of drug-likeness (QED) is 0.843. The lowest BCUT2D eigenvalue weighted by molar-refractivity contribution is 0.0601. The number of anilines is 1. The number of aryl methyl sites for hydroxylation is 1. The van der Waals surface area contributed by atoms with Gasteiger partial charge in [-0.05, 0) is 49.0 Å². The maximum Gasteiger partial charge on any atom is 0.342 e. The van der Waals surface area contributed by atoms with Crippen molar-refractivity contribution in [3.63, 3.8) is 0 Å². The molecular formula is C17H18FN3O3S. The zero-order chi connectivity index (χ0) is 18.0. The lowest BCUT2D eigenvalue weighted by Crippen LogP contribution is -2.34. The molecule has 2 amide bonds. The van der Waals surface area contributed by atoms with Crippen LogP contribution in [0.15, 0.2) is 24.3 Å². The van der Waals surface area contributed by atoms with E-state index in [1.54, 1.807) is 17.9 Å². The summed E-state index contributed by atoms with van der Waals surface area (Å²) in [5.41, 5.74) is 1.54. The summed E-state index contributed by atoms with van der Waals surface area (Å²) in [6.45, 7) is 2.25. The molecule has 2 heterocycles. The highest BCUT2D eigenvalue weighted by molar-refractivity contribution is 7.11. The van der Waals surface area contributed by atoms with E-state index in [-0.39, 0.29) is 23.5 Å². The highest BCUT2D eigenvalue weighted by Gasteiger charge is 2.31. The minimum absolute atomic E-state index is 0.189. The maximum absolute atomic E-state index is 13.5. The molecular weight excluding hydrogens is 345 g/mol. The van der Waals surface area contributed by atoms with Gasteiger partial charge in [0.25, 0.3) is 0 Å². The van der Waals surface area contributed by atoms with Gasteiger partial charge in [-0.3, -0.25) is 5.32 Å². The van der Waals surface area contributed by atoms with Gasteiger partial charge in [-0.2, -0.15) is 4.37 Å². The third-order valence-corrected chi connectivity index (χ3v) is 5.07. The summed E-state index contributed by atoms with van der Waals surface area (Å²) >= 11 is 1.04. The molecule has 1 N–H and O–H groups in total. The first-order chi connectivity index (χ1) is 12.0. The second-order valence-electron chi connectivity index (χ2n) is 5.80. The fourth-order valence-corrected chi connectivity index (χ4v) is 3.81. The molecule has 8 heteroatoms. The molecule has 0 aliphatic carbocycles. The first-order valence-electron chi connectivity index (χ1n) is 7.89.